The number of furan rings is 1. The zero-order valence-corrected chi connectivity index (χ0v) is 14.1. The fourth-order valence-corrected chi connectivity index (χ4v) is 5.82. The molecule has 0 atom stereocenters. The number of nitrogens with one attached hydrogen (secondary N) is 1. The largest absolute Gasteiger partial charge is 0.468 e. The molecule has 1 heterocycles. The van der Waals surface area contributed by atoms with Crippen LogP contribution < -0.4 is 5.32 Å². The second-order valence-corrected chi connectivity index (χ2v) is 8.45. The fraction of sp³-hybridized carbons (Fsp3) is 0.737. The fourth-order valence-electron chi connectivity index (χ4n) is 5.82. The van der Waals surface area contributed by atoms with Crippen molar-refractivity contribution in [3.8, 4) is 0 Å². The van der Waals surface area contributed by atoms with Gasteiger partial charge < -0.3 is 9.73 Å². The highest BCUT2D eigenvalue weighted by Gasteiger charge is 2.50. The van der Waals surface area contributed by atoms with E-state index >= 15 is 0 Å². The highest BCUT2D eigenvalue weighted by Crippen LogP contribution is 2.59. The summed E-state index contributed by atoms with van der Waals surface area (Å²) in [4.78, 5) is 14.3. The van der Waals surface area contributed by atoms with E-state index in [0.717, 1.165) is 30.1 Å². The Morgan fingerprint density at radius 2 is 1.91 bits per heavy atom. The highest BCUT2D eigenvalue weighted by atomic mass is 16.3. The van der Waals surface area contributed by atoms with Gasteiger partial charge in [-0.25, -0.2) is 0 Å². The van der Waals surface area contributed by atoms with E-state index < -0.39 is 0 Å². The summed E-state index contributed by atoms with van der Waals surface area (Å²) in [5.74, 6) is 3.88. The van der Waals surface area contributed by atoms with E-state index in [0.29, 0.717) is 18.5 Å². The summed E-state index contributed by atoms with van der Waals surface area (Å²) in [5.41, 5.74) is 0.421. The van der Waals surface area contributed by atoms with Gasteiger partial charge in [0.2, 0.25) is 5.91 Å². The number of hydrogen-bond acceptors (Lipinski definition) is 3. The molecule has 4 fully saturated rings. The Bertz CT molecular complexity index is 516. The van der Waals surface area contributed by atoms with Crippen LogP contribution >= 0.6 is 0 Å². The summed E-state index contributed by atoms with van der Waals surface area (Å²) in [6.45, 7) is 2.01. The maximum atomic E-state index is 12.3. The van der Waals surface area contributed by atoms with Crippen LogP contribution in [0.3, 0.4) is 0 Å². The first-order valence-electron chi connectivity index (χ1n) is 9.08. The molecule has 1 aromatic rings. The van der Waals surface area contributed by atoms with Crippen molar-refractivity contribution in [2.75, 3.05) is 20.1 Å². The van der Waals surface area contributed by atoms with Crippen LogP contribution in [0.1, 0.15) is 44.3 Å². The van der Waals surface area contributed by atoms with E-state index in [1.807, 2.05) is 24.1 Å². The number of carbonyl (C=O) groups is 1. The molecule has 1 amide bonds. The summed E-state index contributed by atoms with van der Waals surface area (Å²) in [6.07, 6.45) is 10.1. The first-order valence-corrected chi connectivity index (χ1v) is 9.08. The topological polar surface area (TPSA) is 45.5 Å². The predicted octanol–water partition coefficient (Wildman–Crippen LogP) is 3.04. The highest BCUT2D eigenvalue weighted by molar-refractivity contribution is 5.78. The first kappa shape index (κ1) is 15.3. The smallest absolute Gasteiger partial charge is 0.234 e. The van der Waals surface area contributed by atoms with Gasteiger partial charge in [-0.1, -0.05) is 0 Å². The molecule has 4 saturated carbocycles. The van der Waals surface area contributed by atoms with Gasteiger partial charge in [-0.15, -0.1) is 0 Å². The van der Waals surface area contributed by atoms with E-state index in [1.165, 1.54) is 38.5 Å². The number of amides is 1. The Morgan fingerprint density at radius 3 is 2.48 bits per heavy atom. The van der Waals surface area contributed by atoms with E-state index in [2.05, 4.69) is 5.32 Å². The molecule has 4 aliphatic carbocycles. The van der Waals surface area contributed by atoms with Crippen molar-refractivity contribution >= 4 is 5.91 Å². The number of rotatable bonds is 6. The Balaban J connectivity index is 1.26. The molecule has 1 N–H and O–H groups in total. The molecule has 23 heavy (non-hydrogen) atoms. The lowest BCUT2D eigenvalue weighted by molar-refractivity contribution is -0.124. The molecule has 0 radical (unpaired) electrons. The second kappa shape index (κ2) is 5.97. The van der Waals surface area contributed by atoms with Crippen LogP contribution in [0, 0.1) is 23.2 Å². The Morgan fingerprint density at radius 1 is 1.26 bits per heavy atom. The molecule has 4 heteroatoms. The van der Waals surface area contributed by atoms with E-state index in [9.17, 15) is 4.79 Å². The van der Waals surface area contributed by atoms with Crippen LogP contribution in [0.15, 0.2) is 22.8 Å². The minimum Gasteiger partial charge on any atom is -0.468 e. The maximum absolute atomic E-state index is 12.3. The van der Waals surface area contributed by atoms with E-state index in [-0.39, 0.29) is 5.91 Å². The molecule has 0 spiro atoms. The van der Waals surface area contributed by atoms with Gasteiger partial charge in [0, 0.05) is 6.54 Å². The summed E-state index contributed by atoms with van der Waals surface area (Å²) in [7, 11) is 1.97. The van der Waals surface area contributed by atoms with Crippen LogP contribution in [0.5, 0.6) is 0 Å². The molecule has 0 saturated heterocycles. The molecule has 1 aromatic heterocycles. The molecule has 5 rings (SSSR count). The van der Waals surface area contributed by atoms with Crippen molar-refractivity contribution in [1.82, 2.24) is 10.2 Å². The van der Waals surface area contributed by atoms with Gasteiger partial charge in [0.1, 0.15) is 5.76 Å². The molecule has 4 aliphatic rings. The molecule has 4 bridgehead atoms. The number of likely N-dealkylation sites (N-methyl/N-ethyl adjacent to an activating group) is 1. The van der Waals surface area contributed by atoms with Gasteiger partial charge in [0.05, 0.1) is 19.4 Å². The average molecular weight is 316 g/mol. The SMILES string of the molecule is CN(CC(=O)NCC12CC3CC(CC(C3)C1)C2)Cc1ccco1. The maximum Gasteiger partial charge on any atom is 0.234 e. The molecule has 4 nitrogen and oxygen atoms in total. The minimum absolute atomic E-state index is 0.148. The molecule has 126 valence electrons. The van der Waals surface area contributed by atoms with Crippen LogP contribution in [-0.4, -0.2) is 30.9 Å². The van der Waals surface area contributed by atoms with Gasteiger partial charge in [-0.3, -0.25) is 9.69 Å². The quantitative estimate of drug-likeness (QED) is 0.877. The Labute approximate surface area is 138 Å². The monoisotopic (exact) mass is 316 g/mol. The van der Waals surface area contributed by atoms with Crippen LogP contribution in [-0.2, 0) is 11.3 Å². The van der Waals surface area contributed by atoms with Crippen molar-refractivity contribution in [3.63, 3.8) is 0 Å². The van der Waals surface area contributed by atoms with Crippen LogP contribution in [0.4, 0.5) is 0 Å². The number of nitrogens with zero attached hydrogens (tertiary/aromatic N) is 1. The normalized spacial score (nSPS) is 35.0. The van der Waals surface area contributed by atoms with Crippen molar-refractivity contribution < 1.29 is 9.21 Å². The molecular weight excluding hydrogens is 288 g/mol. The Kier molecular flexibility index (Phi) is 3.96. The van der Waals surface area contributed by atoms with Gasteiger partial charge in [0.15, 0.2) is 0 Å². The van der Waals surface area contributed by atoms with Gasteiger partial charge in [0.25, 0.3) is 0 Å². The van der Waals surface area contributed by atoms with Crippen LogP contribution in [0.25, 0.3) is 0 Å². The predicted molar refractivity (Wildman–Crippen MR) is 88.7 cm³/mol. The Hall–Kier alpha value is -1.29. The van der Waals surface area contributed by atoms with Crippen molar-refractivity contribution in [1.29, 1.82) is 0 Å². The van der Waals surface area contributed by atoms with Crippen molar-refractivity contribution in [2.45, 2.75) is 45.1 Å². The third-order valence-corrected chi connectivity index (χ3v) is 6.24. The van der Waals surface area contributed by atoms with Crippen molar-refractivity contribution in [2.24, 2.45) is 23.2 Å². The summed E-state index contributed by atoms with van der Waals surface area (Å²) >= 11 is 0. The summed E-state index contributed by atoms with van der Waals surface area (Å²) in [5, 5.41) is 3.24. The summed E-state index contributed by atoms with van der Waals surface area (Å²) in [6, 6.07) is 3.83. The van der Waals surface area contributed by atoms with Crippen molar-refractivity contribution in [3.05, 3.63) is 24.2 Å². The molecular formula is C19H28N2O2. The van der Waals surface area contributed by atoms with E-state index in [1.54, 1.807) is 6.26 Å². The average Bonchev–Trinajstić information content (AvgIpc) is 2.96. The first-order chi connectivity index (χ1) is 11.1. The molecule has 0 aliphatic heterocycles. The molecule has 0 aromatic carbocycles. The van der Waals surface area contributed by atoms with E-state index in [4.69, 9.17) is 4.42 Å². The summed E-state index contributed by atoms with van der Waals surface area (Å²) < 4.78 is 5.34. The zero-order chi connectivity index (χ0) is 15.9. The third kappa shape index (κ3) is 3.32. The third-order valence-electron chi connectivity index (χ3n) is 6.24. The van der Waals surface area contributed by atoms with Gasteiger partial charge in [-0.2, -0.15) is 0 Å². The standard InChI is InChI=1S/C19H28N2O2/c1-21(11-17-3-2-4-23-17)12-18(22)20-13-19-8-14-5-15(9-19)7-16(6-14)10-19/h2-4,14-16H,5-13H2,1H3,(H,20,22). The second-order valence-electron chi connectivity index (χ2n) is 8.45. The van der Waals surface area contributed by atoms with Gasteiger partial charge in [-0.05, 0) is 80.9 Å². The lowest BCUT2D eigenvalue weighted by Crippen LogP contribution is -2.51. The zero-order valence-electron chi connectivity index (χ0n) is 14.1. The van der Waals surface area contributed by atoms with Crippen LogP contribution in [0.2, 0.25) is 0 Å². The molecule has 0 unspecified atom stereocenters. The van der Waals surface area contributed by atoms with Gasteiger partial charge >= 0.3 is 0 Å². The lowest BCUT2D eigenvalue weighted by Gasteiger charge is -2.56. The lowest BCUT2D eigenvalue weighted by atomic mass is 9.49. The number of hydrogen-bond donors (Lipinski definition) is 1. The number of carbonyl (C=O) groups excluding carboxylic acids is 1. The minimum atomic E-state index is 0.148.